The summed E-state index contributed by atoms with van der Waals surface area (Å²) >= 11 is 0. The third kappa shape index (κ3) is 1.06. The summed E-state index contributed by atoms with van der Waals surface area (Å²) in [6.45, 7) is 0. The molecule has 0 bridgehead atoms. The molecule has 78 valence electrons. The summed E-state index contributed by atoms with van der Waals surface area (Å²) in [6.07, 6.45) is 3.33. The number of hydrogen-bond acceptors (Lipinski definition) is 2. The number of benzene rings is 1. The van der Waals surface area contributed by atoms with E-state index in [1.165, 1.54) is 0 Å². The number of hydrogen-bond donors (Lipinski definition) is 1. The fourth-order valence-electron chi connectivity index (χ4n) is 3.10. The van der Waals surface area contributed by atoms with Crippen LogP contribution in [0, 0.1) is 5.92 Å². The summed E-state index contributed by atoms with van der Waals surface area (Å²) in [5.41, 5.74) is 0.852. The Hall–Kier alpha value is -1.15. The lowest BCUT2D eigenvalue weighted by Crippen LogP contribution is -2.40. The third-order valence-electron chi connectivity index (χ3n) is 3.93. The largest absolute Gasteiger partial charge is 0.377 e. The van der Waals surface area contributed by atoms with E-state index >= 15 is 0 Å². The van der Waals surface area contributed by atoms with E-state index in [9.17, 15) is 9.90 Å². The second-order valence-electron chi connectivity index (χ2n) is 4.62. The van der Waals surface area contributed by atoms with Crippen molar-refractivity contribution in [2.24, 2.45) is 5.92 Å². The summed E-state index contributed by atoms with van der Waals surface area (Å²) in [5.74, 6) is 0.166. The minimum absolute atomic E-state index is 0.0136. The van der Waals surface area contributed by atoms with Gasteiger partial charge in [0.2, 0.25) is 0 Å². The van der Waals surface area contributed by atoms with Gasteiger partial charge in [0.25, 0.3) is 0 Å². The number of aryl methyl sites for hydroxylation is 1. The van der Waals surface area contributed by atoms with Crippen LogP contribution in [0.3, 0.4) is 0 Å². The Morgan fingerprint density at radius 1 is 1.20 bits per heavy atom. The summed E-state index contributed by atoms with van der Waals surface area (Å²) < 4.78 is 0. The van der Waals surface area contributed by atoms with E-state index in [4.69, 9.17) is 0 Å². The van der Waals surface area contributed by atoms with E-state index in [2.05, 4.69) is 0 Å². The van der Waals surface area contributed by atoms with Crippen LogP contribution in [-0.4, -0.2) is 10.9 Å². The summed E-state index contributed by atoms with van der Waals surface area (Å²) in [6, 6.07) is 7.81. The molecule has 0 spiro atoms. The van der Waals surface area contributed by atoms with E-state index < -0.39 is 5.60 Å². The van der Waals surface area contributed by atoms with Crippen LogP contribution >= 0.6 is 0 Å². The quantitative estimate of drug-likeness (QED) is 0.696. The lowest BCUT2D eigenvalue weighted by Gasteiger charge is -2.35. The molecule has 0 aliphatic heterocycles. The monoisotopic (exact) mass is 202 g/mol. The molecule has 3 rings (SSSR count). The van der Waals surface area contributed by atoms with Gasteiger partial charge in [0.05, 0.1) is 0 Å². The molecular weight excluding hydrogens is 188 g/mol. The first-order valence-corrected chi connectivity index (χ1v) is 5.57. The molecule has 0 amide bonds. The Morgan fingerprint density at radius 2 is 1.93 bits per heavy atom. The number of fused-ring (bicyclic) bond motifs is 3. The Bertz CT molecular complexity index is 424. The van der Waals surface area contributed by atoms with Crippen molar-refractivity contribution in [2.75, 3.05) is 0 Å². The molecule has 2 heteroatoms. The minimum atomic E-state index is -1.16. The first-order chi connectivity index (χ1) is 7.23. The van der Waals surface area contributed by atoms with Gasteiger partial charge in [0.1, 0.15) is 0 Å². The van der Waals surface area contributed by atoms with Crippen molar-refractivity contribution in [2.45, 2.75) is 31.3 Å². The highest BCUT2D eigenvalue weighted by atomic mass is 16.3. The van der Waals surface area contributed by atoms with Crippen molar-refractivity contribution in [3.8, 4) is 0 Å². The van der Waals surface area contributed by atoms with Crippen molar-refractivity contribution >= 4 is 5.78 Å². The fourth-order valence-corrected chi connectivity index (χ4v) is 3.10. The van der Waals surface area contributed by atoms with E-state index in [0.717, 1.165) is 30.4 Å². The molecular formula is C13H14O2. The van der Waals surface area contributed by atoms with Gasteiger partial charge < -0.3 is 5.11 Å². The molecule has 2 atom stereocenters. The molecule has 0 radical (unpaired) electrons. The molecule has 0 saturated heterocycles. The number of rotatable bonds is 0. The number of ketones is 1. The number of carbonyl (C=O) groups is 1. The van der Waals surface area contributed by atoms with Crippen molar-refractivity contribution in [1.82, 2.24) is 0 Å². The normalized spacial score (nSPS) is 33.7. The maximum atomic E-state index is 11.8. The Balaban J connectivity index is 2.21. The van der Waals surface area contributed by atoms with Gasteiger partial charge in [-0.2, -0.15) is 0 Å². The van der Waals surface area contributed by atoms with Crippen LogP contribution in [0.5, 0.6) is 0 Å². The van der Waals surface area contributed by atoms with Crippen LogP contribution in [0.15, 0.2) is 24.3 Å². The van der Waals surface area contributed by atoms with Crippen molar-refractivity contribution in [1.29, 1.82) is 0 Å². The highest BCUT2D eigenvalue weighted by Crippen LogP contribution is 2.47. The standard InChI is InChI=1S/C13H14O2/c14-12-8-7-10-6-5-9-3-1-2-4-11(9)13(10,12)15/h1-4,10,15H,5-8H2/t10-,13+/m0/s1. The van der Waals surface area contributed by atoms with Gasteiger partial charge in [-0.25, -0.2) is 0 Å². The number of carbonyl (C=O) groups excluding carboxylic acids is 1. The molecule has 15 heavy (non-hydrogen) atoms. The maximum Gasteiger partial charge on any atom is 0.169 e. The van der Waals surface area contributed by atoms with Crippen LogP contribution in [0.1, 0.15) is 30.4 Å². The molecule has 0 heterocycles. The van der Waals surface area contributed by atoms with Crippen LogP contribution in [0.2, 0.25) is 0 Å². The molecule has 1 N–H and O–H groups in total. The van der Waals surface area contributed by atoms with Crippen LogP contribution < -0.4 is 0 Å². The second kappa shape index (κ2) is 2.92. The highest BCUT2D eigenvalue weighted by Gasteiger charge is 2.51. The Morgan fingerprint density at radius 3 is 2.80 bits per heavy atom. The SMILES string of the molecule is O=C1CC[C@@H]2CCc3ccccc3[C@@]12O. The number of aliphatic hydroxyl groups is 1. The fraction of sp³-hybridized carbons (Fsp3) is 0.462. The van der Waals surface area contributed by atoms with Gasteiger partial charge in [-0.3, -0.25) is 4.79 Å². The minimum Gasteiger partial charge on any atom is -0.377 e. The molecule has 2 nitrogen and oxygen atoms in total. The molecule has 1 saturated carbocycles. The second-order valence-corrected chi connectivity index (χ2v) is 4.62. The first kappa shape index (κ1) is 9.10. The summed E-state index contributed by atoms with van der Waals surface area (Å²) in [7, 11) is 0. The van der Waals surface area contributed by atoms with E-state index in [-0.39, 0.29) is 11.7 Å². The van der Waals surface area contributed by atoms with Crippen molar-refractivity contribution in [3.63, 3.8) is 0 Å². The van der Waals surface area contributed by atoms with Gasteiger partial charge in [-0.05, 0) is 36.3 Å². The average molecular weight is 202 g/mol. The van der Waals surface area contributed by atoms with Crippen LogP contribution in [-0.2, 0) is 16.8 Å². The predicted octanol–water partition coefficient (Wildman–Crippen LogP) is 1.80. The van der Waals surface area contributed by atoms with Gasteiger partial charge in [0.15, 0.2) is 11.4 Å². The topological polar surface area (TPSA) is 37.3 Å². The molecule has 0 aromatic heterocycles. The third-order valence-corrected chi connectivity index (χ3v) is 3.93. The zero-order valence-corrected chi connectivity index (χ0v) is 8.57. The first-order valence-electron chi connectivity index (χ1n) is 5.57. The number of Topliss-reactive ketones (excluding diaryl/α,β-unsaturated/α-hetero) is 1. The summed E-state index contributed by atoms with van der Waals surface area (Å²) in [5, 5.41) is 10.6. The molecule has 2 aliphatic rings. The van der Waals surface area contributed by atoms with E-state index in [1.807, 2.05) is 24.3 Å². The van der Waals surface area contributed by atoms with Crippen LogP contribution in [0.4, 0.5) is 0 Å². The van der Waals surface area contributed by atoms with Crippen molar-refractivity contribution < 1.29 is 9.90 Å². The van der Waals surface area contributed by atoms with Crippen LogP contribution in [0.25, 0.3) is 0 Å². The lowest BCUT2D eigenvalue weighted by atomic mass is 9.73. The van der Waals surface area contributed by atoms with Crippen molar-refractivity contribution in [3.05, 3.63) is 35.4 Å². The van der Waals surface area contributed by atoms with E-state index in [1.54, 1.807) is 0 Å². The molecule has 0 unspecified atom stereocenters. The Labute approximate surface area is 88.9 Å². The van der Waals surface area contributed by atoms with Gasteiger partial charge in [-0.15, -0.1) is 0 Å². The van der Waals surface area contributed by atoms with Gasteiger partial charge in [-0.1, -0.05) is 24.3 Å². The molecule has 1 fully saturated rings. The zero-order valence-electron chi connectivity index (χ0n) is 8.57. The highest BCUT2D eigenvalue weighted by molar-refractivity contribution is 5.91. The lowest BCUT2D eigenvalue weighted by molar-refractivity contribution is -0.138. The van der Waals surface area contributed by atoms with Gasteiger partial charge in [0, 0.05) is 6.42 Å². The smallest absolute Gasteiger partial charge is 0.169 e. The molecule has 2 aliphatic carbocycles. The maximum absolute atomic E-state index is 11.8. The molecule has 1 aromatic carbocycles. The van der Waals surface area contributed by atoms with E-state index in [0.29, 0.717) is 6.42 Å². The van der Waals surface area contributed by atoms with Gasteiger partial charge >= 0.3 is 0 Å². The zero-order chi connectivity index (χ0) is 10.5. The average Bonchev–Trinajstić information content (AvgIpc) is 2.56. The molecule has 1 aromatic rings. The summed E-state index contributed by atoms with van der Waals surface area (Å²) in [4.78, 5) is 11.8. The predicted molar refractivity (Wildman–Crippen MR) is 56.4 cm³/mol. The Kier molecular flexibility index (Phi) is 1.77.